The topological polar surface area (TPSA) is 49.4 Å². The van der Waals surface area contributed by atoms with Gasteiger partial charge in [-0.05, 0) is 60.7 Å². The summed E-state index contributed by atoms with van der Waals surface area (Å²) in [6.45, 7) is 0. The van der Waals surface area contributed by atoms with Gasteiger partial charge in [0.05, 0.1) is 11.3 Å². The van der Waals surface area contributed by atoms with Gasteiger partial charge >= 0.3 is 0 Å². The van der Waals surface area contributed by atoms with E-state index in [1.165, 1.54) is 0 Å². The lowest BCUT2D eigenvalue weighted by atomic mass is 10.1. The van der Waals surface area contributed by atoms with Crippen molar-refractivity contribution in [1.29, 1.82) is 0 Å². The number of fused-ring (bicyclic) bond motifs is 2. The van der Waals surface area contributed by atoms with E-state index in [-0.39, 0.29) is 17.9 Å². The van der Waals surface area contributed by atoms with Crippen LogP contribution in [-0.4, -0.2) is 17.9 Å². The Morgan fingerprint density at radius 1 is 1.07 bits per heavy atom. The van der Waals surface area contributed by atoms with E-state index in [9.17, 15) is 9.59 Å². The van der Waals surface area contributed by atoms with E-state index in [1.807, 2.05) is 71.0 Å². The van der Waals surface area contributed by atoms with E-state index in [0.717, 1.165) is 44.4 Å². The summed E-state index contributed by atoms with van der Waals surface area (Å²) in [4.78, 5) is 30.4. The van der Waals surface area contributed by atoms with Crippen LogP contribution in [0, 0.1) is 0 Å². The molecule has 1 saturated carbocycles. The van der Waals surface area contributed by atoms with Gasteiger partial charge in [-0.25, -0.2) is 0 Å². The van der Waals surface area contributed by atoms with Gasteiger partial charge in [-0.3, -0.25) is 9.59 Å². The minimum absolute atomic E-state index is 0.0602. The SMILES string of the molecule is O=C(C=Cc1cccs1)Nc1ccc2c(c1)Sc1ccccc1C(=O)N2C1CC1. The number of amides is 2. The second kappa shape index (κ2) is 7.54. The van der Waals surface area contributed by atoms with Crippen molar-refractivity contribution in [3.05, 3.63) is 76.5 Å². The number of rotatable bonds is 4. The fraction of sp³-hybridized carbons (Fsp3) is 0.130. The highest BCUT2D eigenvalue weighted by atomic mass is 32.2. The van der Waals surface area contributed by atoms with E-state index in [4.69, 9.17) is 0 Å². The number of hydrogen-bond acceptors (Lipinski definition) is 4. The molecule has 0 radical (unpaired) electrons. The summed E-state index contributed by atoms with van der Waals surface area (Å²) in [6, 6.07) is 17.7. The Morgan fingerprint density at radius 3 is 2.72 bits per heavy atom. The van der Waals surface area contributed by atoms with E-state index < -0.39 is 0 Å². The van der Waals surface area contributed by atoms with Crippen LogP contribution in [0.1, 0.15) is 28.1 Å². The maximum absolute atomic E-state index is 13.2. The van der Waals surface area contributed by atoms with Crippen LogP contribution in [0.5, 0.6) is 0 Å². The molecular weight excluding hydrogens is 400 g/mol. The first-order valence-corrected chi connectivity index (χ1v) is 11.2. The lowest BCUT2D eigenvalue weighted by molar-refractivity contribution is -0.111. The van der Waals surface area contributed by atoms with Crippen molar-refractivity contribution in [2.45, 2.75) is 28.7 Å². The van der Waals surface area contributed by atoms with Gasteiger partial charge in [0.25, 0.3) is 5.91 Å². The molecule has 2 aromatic carbocycles. The number of anilines is 2. The third-order valence-corrected chi connectivity index (χ3v) is 6.86. The van der Waals surface area contributed by atoms with Crippen molar-refractivity contribution < 1.29 is 9.59 Å². The molecule has 1 fully saturated rings. The smallest absolute Gasteiger partial charge is 0.259 e. The van der Waals surface area contributed by atoms with E-state index in [1.54, 1.807) is 29.2 Å². The normalized spacial score (nSPS) is 15.7. The molecule has 1 aliphatic carbocycles. The Kier molecular flexibility index (Phi) is 4.73. The number of nitrogens with one attached hydrogen (secondary N) is 1. The van der Waals surface area contributed by atoms with Gasteiger partial charge in [0.15, 0.2) is 0 Å². The van der Waals surface area contributed by atoms with Crippen LogP contribution in [0.3, 0.4) is 0 Å². The summed E-state index contributed by atoms with van der Waals surface area (Å²) in [5.74, 6) is -0.113. The van der Waals surface area contributed by atoms with E-state index in [2.05, 4.69) is 5.32 Å². The highest BCUT2D eigenvalue weighted by molar-refractivity contribution is 7.99. The Bertz CT molecular complexity index is 1120. The maximum Gasteiger partial charge on any atom is 0.259 e. The number of benzene rings is 2. The Hall–Kier alpha value is -2.83. The van der Waals surface area contributed by atoms with Crippen LogP contribution in [0.4, 0.5) is 11.4 Å². The number of carbonyl (C=O) groups excluding carboxylic acids is 2. The predicted molar refractivity (Wildman–Crippen MR) is 119 cm³/mol. The number of nitrogens with zero attached hydrogens (tertiary/aromatic N) is 1. The van der Waals surface area contributed by atoms with Crippen molar-refractivity contribution in [2.24, 2.45) is 0 Å². The molecular formula is C23H18N2O2S2. The Balaban J connectivity index is 1.45. The Labute approximate surface area is 177 Å². The van der Waals surface area contributed by atoms with Crippen molar-refractivity contribution in [3.63, 3.8) is 0 Å². The zero-order valence-corrected chi connectivity index (χ0v) is 17.1. The second-order valence-corrected chi connectivity index (χ2v) is 9.09. The standard InChI is InChI=1S/C23H18N2O2S2/c26-22(12-10-17-4-3-13-28-17)24-15-7-11-19-21(14-15)29-20-6-2-1-5-18(20)23(27)25(19)16-8-9-16/h1-7,10-14,16H,8-9H2,(H,24,26). The molecule has 2 amide bonds. The fourth-order valence-corrected chi connectivity index (χ4v) is 5.11. The van der Waals surface area contributed by atoms with Gasteiger partial charge in [0, 0.05) is 32.5 Å². The third kappa shape index (κ3) is 3.73. The van der Waals surface area contributed by atoms with Gasteiger partial charge in [0.1, 0.15) is 0 Å². The highest BCUT2D eigenvalue weighted by Crippen LogP contribution is 2.46. The lowest BCUT2D eigenvalue weighted by Gasteiger charge is -2.23. The lowest BCUT2D eigenvalue weighted by Crippen LogP contribution is -2.32. The molecule has 0 bridgehead atoms. The highest BCUT2D eigenvalue weighted by Gasteiger charge is 2.38. The van der Waals surface area contributed by atoms with Gasteiger partial charge in [0.2, 0.25) is 5.91 Å². The molecule has 0 spiro atoms. The number of hydrogen-bond donors (Lipinski definition) is 1. The molecule has 144 valence electrons. The van der Waals surface area contributed by atoms with Crippen molar-refractivity contribution in [2.75, 3.05) is 10.2 Å². The van der Waals surface area contributed by atoms with Crippen LogP contribution in [-0.2, 0) is 4.79 Å². The van der Waals surface area contributed by atoms with Crippen LogP contribution in [0.25, 0.3) is 6.08 Å². The minimum atomic E-state index is -0.174. The summed E-state index contributed by atoms with van der Waals surface area (Å²) >= 11 is 3.17. The molecule has 1 aromatic heterocycles. The molecule has 1 N–H and O–H groups in total. The summed E-state index contributed by atoms with van der Waals surface area (Å²) in [6.07, 6.45) is 5.41. The third-order valence-electron chi connectivity index (χ3n) is 4.90. The molecule has 0 atom stereocenters. The summed E-state index contributed by atoms with van der Waals surface area (Å²) in [7, 11) is 0. The molecule has 0 saturated heterocycles. The first-order chi connectivity index (χ1) is 14.2. The average Bonchev–Trinajstić information content (AvgIpc) is 3.43. The van der Waals surface area contributed by atoms with Gasteiger partial charge in [-0.2, -0.15) is 0 Å². The molecule has 29 heavy (non-hydrogen) atoms. The Morgan fingerprint density at radius 2 is 1.93 bits per heavy atom. The largest absolute Gasteiger partial charge is 0.322 e. The predicted octanol–water partition coefficient (Wildman–Crippen LogP) is 5.67. The fourth-order valence-electron chi connectivity index (χ4n) is 3.39. The molecule has 1 aliphatic heterocycles. The van der Waals surface area contributed by atoms with Crippen molar-refractivity contribution >= 4 is 52.4 Å². The van der Waals surface area contributed by atoms with Crippen LogP contribution < -0.4 is 10.2 Å². The molecule has 5 rings (SSSR count). The quantitative estimate of drug-likeness (QED) is 0.555. The zero-order chi connectivity index (χ0) is 19.8. The van der Waals surface area contributed by atoms with Gasteiger partial charge in [-0.15, -0.1) is 11.3 Å². The molecule has 4 nitrogen and oxygen atoms in total. The van der Waals surface area contributed by atoms with Crippen LogP contribution in [0.15, 0.2) is 75.8 Å². The molecule has 6 heteroatoms. The van der Waals surface area contributed by atoms with Crippen LogP contribution >= 0.6 is 23.1 Å². The molecule has 2 heterocycles. The van der Waals surface area contributed by atoms with Gasteiger partial charge < -0.3 is 10.2 Å². The number of thiophene rings is 1. The van der Waals surface area contributed by atoms with Gasteiger partial charge in [-0.1, -0.05) is 30.0 Å². The number of carbonyl (C=O) groups is 2. The first-order valence-electron chi connectivity index (χ1n) is 9.46. The molecule has 3 aromatic rings. The van der Waals surface area contributed by atoms with Crippen molar-refractivity contribution in [1.82, 2.24) is 0 Å². The summed E-state index contributed by atoms with van der Waals surface area (Å²) < 4.78 is 0. The minimum Gasteiger partial charge on any atom is -0.322 e. The van der Waals surface area contributed by atoms with E-state index >= 15 is 0 Å². The van der Waals surface area contributed by atoms with Crippen molar-refractivity contribution in [3.8, 4) is 0 Å². The first kappa shape index (κ1) is 18.2. The maximum atomic E-state index is 13.2. The summed E-state index contributed by atoms with van der Waals surface area (Å²) in [5, 5.41) is 4.91. The van der Waals surface area contributed by atoms with Crippen LogP contribution in [0.2, 0.25) is 0 Å². The van der Waals surface area contributed by atoms with E-state index in [0.29, 0.717) is 0 Å². The zero-order valence-electron chi connectivity index (χ0n) is 15.5. The molecule has 2 aliphatic rings. The average molecular weight is 419 g/mol. The monoisotopic (exact) mass is 418 g/mol. The molecule has 0 unspecified atom stereocenters. The second-order valence-electron chi connectivity index (χ2n) is 7.03. The summed E-state index contributed by atoms with van der Waals surface area (Å²) in [5.41, 5.74) is 2.38.